The van der Waals surface area contributed by atoms with E-state index in [0.29, 0.717) is 37.9 Å². The van der Waals surface area contributed by atoms with Gasteiger partial charge in [-0.05, 0) is 49.0 Å². The molecule has 0 unspecified atom stereocenters. The van der Waals surface area contributed by atoms with E-state index in [1.54, 1.807) is 18.2 Å². The maximum atomic E-state index is 13.3. The summed E-state index contributed by atoms with van der Waals surface area (Å²) in [5, 5.41) is 3.15. The van der Waals surface area contributed by atoms with E-state index in [1.807, 2.05) is 18.2 Å². The molecule has 164 valence electrons. The Morgan fingerprint density at radius 3 is 2.65 bits per heavy atom. The third-order valence-electron chi connectivity index (χ3n) is 5.86. The van der Waals surface area contributed by atoms with Gasteiger partial charge in [0.15, 0.2) is 11.5 Å². The summed E-state index contributed by atoms with van der Waals surface area (Å²) in [6.07, 6.45) is 7.88. The van der Waals surface area contributed by atoms with Gasteiger partial charge in [0.05, 0.1) is 11.5 Å². The quantitative estimate of drug-likeness (QED) is 0.646. The second kappa shape index (κ2) is 8.30. The Hall–Kier alpha value is -2.93. The molecule has 1 aliphatic carbocycles. The number of alkyl halides is 2. The lowest BCUT2D eigenvalue weighted by Gasteiger charge is -2.32. The molecule has 5 nitrogen and oxygen atoms in total. The molecular formula is C24H25F2NO4. The van der Waals surface area contributed by atoms with Crippen LogP contribution in [0.5, 0.6) is 11.5 Å². The molecule has 3 aliphatic rings. The smallest absolute Gasteiger partial charge is 0.395 e. The summed E-state index contributed by atoms with van der Waals surface area (Å²) in [6, 6.07) is 4.53. The molecule has 1 N–H and O–H groups in total. The van der Waals surface area contributed by atoms with E-state index in [4.69, 9.17) is 4.74 Å². The van der Waals surface area contributed by atoms with Gasteiger partial charge < -0.3 is 19.5 Å². The average molecular weight is 429 g/mol. The number of nitrogens with one attached hydrogen (secondary N) is 1. The molecule has 2 atom stereocenters. The number of fused-ring (bicyclic) bond motifs is 1. The van der Waals surface area contributed by atoms with Gasteiger partial charge in [0.25, 0.3) is 0 Å². The van der Waals surface area contributed by atoms with Crippen LogP contribution in [0.1, 0.15) is 31.2 Å². The zero-order valence-electron chi connectivity index (χ0n) is 17.1. The molecule has 2 heterocycles. The Morgan fingerprint density at radius 1 is 1.16 bits per heavy atom. The Balaban J connectivity index is 1.45. The summed E-state index contributed by atoms with van der Waals surface area (Å²) in [4.78, 5) is 13.2. The Kier molecular flexibility index (Phi) is 5.71. The Labute approximate surface area is 180 Å². The second-order valence-electron chi connectivity index (χ2n) is 7.96. The molecule has 0 radical (unpaired) electrons. The monoisotopic (exact) mass is 429 g/mol. The van der Waals surface area contributed by atoms with Gasteiger partial charge in [-0.15, -0.1) is 8.78 Å². The predicted molar refractivity (Wildman–Crippen MR) is 112 cm³/mol. The number of carbonyl (C=O) groups excluding carboxylic acids is 1. The van der Waals surface area contributed by atoms with Crippen molar-refractivity contribution in [2.45, 2.75) is 49.5 Å². The Bertz CT molecular complexity index is 949. The van der Waals surface area contributed by atoms with E-state index in [9.17, 15) is 13.6 Å². The molecule has 4 rings (SSSR count). The van der Waals surface area contributed by atoms with Crippen LogP contribution in [0, 0.1) is 0 Å². The van der Waals surface area contributed by atoms with Crippen LogP contribution in [0.4, 0.5) is 8.78 Å². The van der Waals surface area contributed by atoms with Crippen molar-refractivity contribution in [3.05, 3.63) is 72.9 Å². The van der Waals surface area contributed by atoms with Gasteiger partial charge in [0.1, 0.15) is 0 Å². The van der Waals surface area contributed by atoms with Crippen molar-refractivity contribution < 1.29 is 27.8 Å². The molecule has 31 heavy (non-hydrogen) atoms. The van der Waals surface area contributed by atoms with E-state index < -0.39 is 11.7 Å². The van der Waals surface area contributed by atoms with Crippen LogP contribution in [-0.2, 0) is 14.9 Å². The number of carbonyl (C=O) groups is 1. The Morgan fingerprint density at radius 2 is 1.94 bits per heavy atom. The highest BCUT2D eigenvalue weighted by atomic mass is 19.3. The minimum Gasteiger partial charge on any atom is -0.395 e. The highest BCUT2D eigenvalue weighted by molar-refractivity contribution is 5.91. The number of hydrogen-bond donors (Lipinski definition) is 1. The largest absolute Gasteiger partial charge is 0.586 e. The first-order valence-corrected chi connectivity index (χ1v) is 10.3. The van der Waals surface area contributed by atoms with Gasteiger partial charge in [-0.3, -0.25) is 4.79 Å². The van der Waals surface area contributed by atoms with Gasteiger partial charge in [0, 0.05) is 12.6 Å². The van der Waals surface area contributed by atoms with Crippen molar-refractivity contribution in [2.24, 2.45) is 0 Å². The lowest BCUT2D eigenvalue weighted by Crippen LogP contribution is -2.46. The molecule has 0 bridgehead atoms. The zero-order chi connectivity index (χ0) is 22.1. The van der Waals surface area contributed by atoms with Gasteiger partial charge in [-0.2, -0.15) is 0 Å². The first kappa shape index (κ1) is 21.3. The predicted octanol–water partition coefficient (Wildman–Crippen LogP) is 4.56. The van der Waals surface area contributed by atoms with Gasteiger partial charge >= 0.3 is 6.29 Å². The van der Waals surface area contributed by atoms with E-state index in [2.05, 4.69) is 27.9 Å². The molecule has 1 saturated heterocycles. The first-order chi connectivity index (χ1) is 14.9. The van der Waals surface area contributed by atoms with Crippen molar-refractivity contribution in [2.75, 3.05) is 6.61 Å². The molecule has 1 saturated carbocycles. The summed E-state index contributed by atoms with van der Waals surface area (Å²) in [5.74, 6) is -0.160. The molecule has 7 heteroatoms. The molecule has 0 aromatic heterocycles. The SMILES string of the molecule is C=C/C=C\C(=C/C=C)[C@H]1C[C@@H](NC(=O)C2(c3ccc4c(c3)OC(F)(F)O4)CC2)CCO1. The number of ether oxygens (including phenoxy) is 3. The second-order valence-corrected chi connectivity index (χ2v) is 7.96. The lowest BCUT2D eigenvalue weighted by molar-refractivity contribution is -0.286. The third kappa shape index (κ3) is 4.42. The number of halogens is 2. The van der Waals surface area contributed by atoms with Gasteiger partial charge in [-0.25, -0.2) is 0 Å². The maximum Gasteiger partial charge on any atom is 0.586 e. The first-order valence-electron chi connectivity index (χ1n) is 10.3. The van der Waals surface area contributed by atoms with E-state index in [1.165, 1.54) is 12.1 Å². The summed E-state index contributed by atoms with van der Waals surface area (Å²) < 4.78 is 41.6. The van der Waals surface area contributed by atoms with Crippen LogP contribution in [-0.4, -0.2) is 31.0 Å². The number of hydrogen-bond acceptors (Lipinski definition) is 4. The van der Waals surface area contributed by atoms with Crippen LogP contribution in [0.25, 0.3) is 0 Å². The highest BCUT2D eigenvalue weighted by Gasteiger charge is 2.53. The molecule has 1 aromatic rings. The van der Waals surface area contributed by atoms with Gasteiger partial charge in [0.2, 0.25) is 5.91 Å². The molecule has 0 spiro atoms. The standard InChI is InChI=1S/C24H25F2NO4/c1-3-5-7-16(6-4-2)20-15-18(10-13-29-20)27-22(28)23(11-12-23)17-8-9-19-21(14-17)31-24(25,26)30-19/h3-9,14,18,20H,1-2,10-13,15H2,(H,27,28)/b7-5-,16-6+/t18-,20+/m0/s1. The van der Waals surface area contributed by atoms with Crippen molar-refractivity contribution >= 4 is 5.91 Å². The minimum atomic E-state index is -3.67. The number of amides is 1. The third-order valence-corrected chi connectivity index (χ3v) is 5.86. The summed E-state index contributed by atoms with van der Waals surface area (Å²) in [7, 11) is 0. The normalized spacial score (nSPS) is 25.8. The van der Waals surface area contributed by atoms with E-state index >= 15 is 0 Å². The number of benzene rings is 1. The molecule has 2 fully saturated rings. The fraction of sp³-hybridized carbons (Fsp3) is 0.375. The fourth-order valence-electron chi connectivity index (χ4n) is 4.09. The molecular weight excluding hydrogens is 404 g/mol. The summed E-state index contributed by atoms with van der Waals surface area (Å²) in [6.45, 7) is 7.97. The van der Waals surface area contributed by atoms with Crippen molar-refractivity contribution in [3.63, 3.8) is 0 Å². The van der Waals surface area contributed by atoms with Crippen molar-refractivity contribution in [1.29, 1.82) is 0 Å². The summed E-state index contributed by atoms with van der Waals surface area (Å²) in [5.41, 5.74) is 0.911. The zero-order valence-corrected chi connectivity index (χ0v) is 17.1. The molecule has 2 aliphatic heterocycles. The topological polar surface area (TPSA) is 56.8 Å². The fourth-order valence-corrected chi connectivity index (χ4v) is 4.09. The van der Waals surface area contributed by atoms with Crippen molar-refractivity contribution in [3.8, 4) is 11.5 Å². The minimum absolute atomic E-state index is 0.0219. The number of rotatable bonds is 7. The van der Waals surface area contributed by atoms with Crippen LogP contribution in [0.3, 0.4) is 0 Å². The van der Waals surface area contributed by atoms with Crippen LogP contribution in [0.2, 0.25) is 0 Å². The molecule has 1 aromatic carbocycles. The average Bonchev–Trinajstić information content (AvgIpc) is 3.48. The van der Waals surface area contributed by atoms with Gasteiger partial charge in [-0.1, -0.05) is 49.6 Å². The van der Waals surface area contributed by atoms with Crippen LogP contribution < -0.4 is 14.8 Å². The van der Waals surface area contributed by atoms with Crippen LogP contribution in [0.15, 0.2) is 67.3 Å². The lowest BCUT2D eigenvalue weighted by atomic mass is 9.92. The number of allylic oxidation sites excluding steroid dienone is 4. The van der Waals surface area contributed by atoms with Crippen LogP contribution >= 0.6 is 0 Å². The van der Waals surface area contributed by atoms with E-state index in [0.717, 1.165) is 5.57 Å². The van der Waals surface area contributed by atoms with E-state index in [-0.39, 0.29) is 29.6 Å². The highest BCUT2D eigenvalue weighted by Crippen LogP contribution is 2.52. The van der Waals surface area contributed by atoms with Crippen molar-refractivity contribution in [1.82, 2.24) is 5.32 Å². The molecule has 1 amide bonds. The maximum absolute atomic E-state index is 13.3. The summed E-state index contributed by atoms with van der Waals surface area (Å²) >= 11 is 0.